The van der Waals surface area contributed by atoms with E-state index >= 15 is 0 Å². The molecular formula is C22H21N3O2. The summed E-state index contributed by atoms with van der Waals surface area (Å²) in [6.45, 7) is 3.37. The van der Waals surface area contributed by atoms with Crippen LogP contribution in [0.5, 0.6) is 0 Å². The lowest BCUT2D eigenvalue weighted by atomic mass is 9.74. The van der Waals surface area contributed by atoms with Gasteiger partial charge < -0.3 is 9.32 Å². The van der Waals surface area contributed by atoms with Crippen molar-refractivity contribution in [3.63, 3.8) is 0 Å². The zero-order valence-corrected chi connectivity index (χ0v) is 15.2. The Kier molecular flexibility index (Phi) is 3.57. The zero-order chi connectivity index (χ0) is 18.4. The number of piperidine rings is 1. The standard InChI is InChI=1S/C22H21N3O2/c1-15-6-7-20(27-15)18-14-19(24-23-18)21(26)25-12-10-22(11-13-25)9-8-16-4-2-3-5-17(16)22/h2-9,14H,10-13H2,1H3,(H,23,24). The number of nitrogens with zero attached hydrogens (tertiary/aromatic N) is 2. The maximum absolute atomic E-state index is 12.9. The number of aromatic nitrogens is 2. The minimum Gasteiger partial charge on any atom is -0.460 e. The molecule has 2 aliphatic rings. The first kappa shape index (κ1) is 16.1. The number of aryl methyl sites for hydroxylation is 1. The Balaban J connectivity index is 1.31. The molecule has 5 rings (SSSR count). The molecule has 1 aromatic carbocycles. The monoisotopic (exact) mass is 359 g/mol. The van der Waals surface area contributed by atoms with E-state index in [4.69, 9.17) is 4.42 Å². The summed E-state index contributed by atoms with van der Waals surface area (Å²) < 4.78 is 5.60. The van der Waals surface area contributed by atoms with Gasteiger partial charge in [-0.2, -0.15) is 5.10 Å². The quantitative estimate of drug-likeness (QED) is 0.747. The second kappa shape index (κ2) is 5.98. The third-order valence-corrected chi connectivity index (χ3v) is 5.82. The number of furan rings is 1. The largest absolute Gasteiger partial charge is 0.460 e. The molecular weight excluding hydrogens is 338 g/mol. The lowest BCUT2D eigenvalue weighted by molar-refractivity contribution is 0.0684. The van der Waals surface area contributed by atoms with Gasteiger partial charge >= 0.3 is 0 Å². The molecule has 0 bridgehead atoms. The average Bonchev–Trinajstić information content (AvgIpc) is 3.42. The van der Waals surface area contributed by atoms with Gasteiger partial charge in [-0.3, -0.25) is 9.89 Å². The van der Waals surface area contributed by atoms with E-state index in [9.17, 15) is 4.79 Å². The fraction of sp³-hybridized carbons (Fsp3) is 0.273. The van der Waals surface area contributed by atoms with Gasteiger partial charge in [-0.15, -0.1) is 0 Å². The third kappa shape index (κ3) is 2.62. The Morgan fingerprint density at radius 2 is 2.00 bits per heavy atom. The summed E-state index contributed by atoms with van der Waals surface area (Å²) in [4.78, 5) is 14.8. The summed E-state index contributed by atoms with van der Waals surface area (Å²) in [5.74, 6) is 1.51. The van der Waals surface area contributed by atoms with E-state index < -0.39 is 0 Å². The number of carbonyl (C=O) groups excluding carboxylic acids is 1. The van der Waals surface area contributed by atoms with Gasteiger partial charge in [-0.05, 0) is 43.0 Å². The van der Waals surface area contributed by atoms with Gasteiger partial charge in [-0.25, -0.2) is 0 Å². The van der Waals surface area contributed by atoms with Gasteiger partial charge in [-0.1, -0.05) is 36.4 Å². The first-order chi connectivity index (χ1) is 13.1. The molecule has 1 spiro atoms. The number of fused-ring (bicyclic) bond motifs is 2. The highest BCUT2D eigenvalue weighted by molar-refractivity contribution is 5.93. The van der Waals surface area contributed by atoms with Crippen LogP contribution in [0.3, 0.4) is 0 Å². The molecule has 5 heteroatoms. The number of rotatable bonds is 2. The van der Waals surface area contributed by atoms with Crippen LogP contribution in [0.15, 0.2) is 53.0 Å². The molecule has 1 aliphatic heterocycles. The van der Waals surface area contributed by atoms with Crippen LogP contribution in [-0.4, -0.2) is 34.1 Å². The molecule has 1 saturated heterocycles. The van der Waals surface area contributed by atoms with Crippen molar-refractivity contribution in [1.82, 2.24) is 15.1 Å². The molecule has 1 fully saturated rings. The van der Waals surface area contributed by atoms with Crippen molar-refractivity contribution >= 4 is 12.0 Å². The van der Waals surface area contributed by atoms with E-state index in [0.29, 0.717) is 11.5 Å². The molecule has 136 valence electrons. The van der Waals surface area contributed by atoms with E-state index in [1.54, 1.807) is 6.07 Å². The predicted octanol–water partition coefficient (Wildman–Crippen LogP) is 4.18. The highest BCUT2D eigenvalue weighted by Gasteiger charge is 2.39. The predicted molar refractivity (Wildman–Crippen MR) is 103 cm³/mol. The molecule has 0 unspecified atom stereocenters. The second-order valence-corrected chi connectivity index (χ2v) is 7.45. The van der Waals surface area contributed by atoms with Crippen LogP contribution in [-0.2, 0) is 5.41 Å². The number of amides is 1. The van der Waals surface area contributed by atoms with Crippen molar-refractivity contribution in [2.45, 2.75) is 25.2 Å². The van der Waals surface area contributed by atoms with Crippen molar-refractivity contribution in [2.75, 3.05) is 13.1 Å². The number of likely N-dealkylation sites (tertiary alicyclic amines) is 1. The second-order valence-electron chi connectivity index (χ2n) is 7.45. The summed E-state index contributed by atoms with van der Waals surface area (Å²) in [6.07, 6.45) is 6.44. The van der Waals surface area contributed by atoms with Crippen LogP contribution < -0.4 is 0 Å². The highest BCUT2D eigenvalue weighted by Crippen LogP contribution is 2.43. The average molecular weight is 359 g/mol. The fourth-order valence-electron chi connectivity index (χ4n) is 4.28. The van der Waals surface area contributed by atoms with Gasteiger partial charge in [0.2, 0.25) is 0 Å². The lowest BCUT2D eigenvalue weighted by Crippen LogP contribution is -2.44. The molecule has 1 N–H and O–H groups in total. The van der Waals surface area contributed by atoms with Crippen LogP contribution in [0.1, 0.15) is 40.2 Å². The van der Waals surface area contributed by atoms with Crippen LogP contribution in [0, 0.1) is 6.92 Å². The van der Waals surface area contributed by atoms with E-state index in [1.807, 2.05) is 24.0 Å². The van der Waals surface area contributed by atoms with Crippen molar-refractivity contribution < 1.29 is 9.21 Å². The van der Waals surface area contributed by atoms with Crippen molar-refractivity contribution in [3.8, 4) is 11.5 Å². The Hall–Kier alpha value is -3.08. The number of allylic oxidation sites excluding steroid dienone is 1. The lowest BCUT2D eigenvalue weighted by Gasteiger charge is -2.39. The zero-order valence-electron chi connectivity index (χ0n) is 15.2. The summed E-state index contributed by atoms with van der Waals surface area (Å²) in [6, 6.07) is 14.1. The number of nitrogens with one attached hydrogen (secondary N) is 1. The number of hydrogen-bond donors (Lipinski definition) is 1. The molecule has 3 heterocycles. The smallest absolute Gasteiger partial charge is 0.274 e. The number of hydrogen-bond acceptors (Lipinski definition) is 3. The SMILES string of the molecule is Cc1ccc(-c2cc(C(=O)N3CCC4(C=Cc5ccccc54)CC3)n[nH]2)o1. The topological polar surface area (TPSA) is 62.1 Å². The van der Waals surface area contributed by atoms with Crippen LogP contribution in [0.4, 0.5) is 0 Å². The molecule has 27 heavy (non-hydrogen) atoms. The first-order valence-corrected chi connectivity index (χ1v) is 9.35. The van der Waals surface area contributed by atoms with Crippen LogP contribution >= 0.6 is 0 Å². The Bertz CT molecular complexity index is 1040. The number of carbonyl (C=O) groups is 1. The molecule has 0 radical (unpaired) electrons. The maximum Gasteiger partial charge on any atom is 0.274 e. The van der Waals surface area contributed by atoms with Gasteiger partial charge in [0.1, 0.15) is 11.5 Å². The molecule has 3 aromatic rings. The Labute approximate surface area is 157 Å². The van der Waals surface area contributed by atoms with Crippen LogP contribution in [0.2, 0.25) is 0 Å². The van der Waals surface area contributed by atoms with Crippen molar-refractivity contribution in [1.29, 1.82) is 0 Å². The van der Waals surface area contributed by atoms with Gasteiger partial charge in [0, 0.05) is 24.6 Å². The van der Waals surface area contributed by atoms with E-state index in [1.165, 1.54) is 11.1 Å². The fourth-order valence-corrected chi connectivity index (χ4v) is 4.28. The molecule has 0 saturated carbocycles. The normalized spacial score (nSPS) is 17.4. The van der Waals surface area contributed by atoms with E-state index in [2.05, 4.69) is 46.6 Å². The number of H-pyrrole nitrogens is 1. The van der Waals surface area contributed by atoms with Gasteiger partial charge in [0.25, 0.3) is 5.91 Å². The molecule has 0 atom stereocenters. The summed E-state index contributed by atoms with van der Waals surface area (Å²) in [5, 5.41) is 7.13. The molecule has 1 amide bonds. The summed E-state index contributed by atoms with van der Waals surface area (Å²) in [7, 11) is 0. The minimum absolute atomic E-state index is 0.0223. The highest BCUT2D eigenvalue weighted by atomic mass is 16.3. The summed E-state index contributed by atoms with van der Waals surface area (Å²) >= 11 is 0. The minimum atomic E-state index is -0.0223. The molecule has 1 aliphatic carbocycles. The van der Waals surface area contributed by atoms with Crippen LogP contribution in [0.25, 0.3) is 17.5 Å². The number of benzene rings is 1. The van der Waals surface area contributed by atoms with Gasteiger partial charge in [0.15, 0.2) is 11.5 Å². The Morgan fingerprint density at radius 3 is 2.78 bits per heavy atom. The number of aromatic amines is 1. The molecule has 5 nitrogen and oxygen atoms in total. The Morgan fingerprint density at radius 1 is 1.19 bits per heavy atom. The van der Waals surface area contributed by atoms with Crippen molar-refractivity contribution in [2.24, 2.45) is 0 Å². The first-order valence-electron chi connectivity index (χ1n) is 9.35. The third-order valence-electron chi connectivity index (χ3n) is 5.82. The van der Waals surface area contributed by atoms with Crippen molar-refractivity contribution in [3.05, 3.63) is 71.1 Å². The summed E-state index contributed by atoms with van der Waals surface area (Å²) in [5.41, 5.74) is 3.95. The van der Waals surface area contributed by atoms with Gasteiger partial charge in [0.05, 0.1) is 0 Å². The van der Waals surface area contributed by atoms with E-state index in [-0.39, 0.29) is 11.3 Å². The maximum atomic E-state index is 12.9. The molecule has 2 aromatic heterocycles. The van der Waals surface area contributed by atoms with E-state index in [0.717, 1.165) is 37.4 Å².